The maximum atomic E-state index is 12.6. The fourth-order valence-electron chi connectivity index (χ4n) is 3.03. The molecule has 9 nitrogen and oxygen atoms in total. The Morgan fingerprint density at radius 2 is 1.66 bits per heavy atom. The molecule has 1 fully saturated rings. The summed E-state index contributed by atoms with van der Waals surface area (Å²) in [6, 6.07) is 12.1. The number of amides is 4. The Kier molecular flexibility index (Phi) is 6.20. The second kappa shape index (κ2) is 8.56. The molecule has 1 saturated heterocycles. The van der Waals surface area contributed by atoms with Crippen LogP contribution >= 0.6 is 0 Å². The van der Waals surface area contributed by atoms with E-state index >= 15 is 0 Å². The molecule has 0 aliphatic carbocycles. The molecule has 0 atom stereocenters. The Bertz CT molecular complexity index is 1190. The van der Waals surface area contributed by atoms with Gasteiger partial charge in [-0.05, 0) is 46.9 Å². The number of urea groups is 1. The van der Waals surface area contributed by atoms with E-state index in [0.29, 0.717) is 5.69 Å². The van der Waals surface area contributed by atoms with Crippen LogP contribution in [0.4, 0.5) is 10.5 Å². The first kappa shape index (κ1) is 23.2. The van der Waals surface area contributed by atoms with Crippen molar-refractivity contribution in [3.63, 3.8) is 0 Å². The predicted molar refractivity (Wildman–Crippen MR) is 120 cm³/mol. The Morgan fingerprint density at radius 3 is 2.19 bits per heavy atom. The molecule has 2 aromatic rings. The van der Waals surface area contributed by atoms with Gasteiger partial charge in [0, 0.05) is 5.69 Å². The fraction of sp³-hybridized carbons (Fsp3) is 0.227. The maximum absolute atomic E-state index is 12.6. The molecule has 1 heterocycles. The molecule has 0 bridgehead atoms. The zero-order valence-electron chi connectivity index (χ0n) is 17.9. The predicted octanol–water partition coefficient (Wildman–Crippen LogP) is 2.16. The highest BCUT2D eigenvalue weighted by Crippen LogP contribution is 2.23. The van der Waals surface area contributed by atoms with Crippen LogP contribution in [0.5, 0.6) is 0 Å². The van der Waals surface area contributed by atoms with Crippen LogP contribution in [0.1, 0.15) is 31.9 Å². The smallest absolute Gasteiger partial charge is 0.325 e. The molecule has 2 aromatic carbocycles. The van der Waals surface area contributed by atoms with Gasteiger partial charge in [-0.1, -0.05) is 45.0 Å². The molecule has 1 aliphatic rings. The number of hydrogen-bond donors (Lipinski definition) is 3. The SMILES string of the molecule is CC(C)(C)c1ccc(/C=C2\NC(=O)N(CC(=O)Nc3ccc(S(N)(=O)=O)cc3)C2=O)cc1. The lowest BCUT2D eigenvalue weighted by molar-refractivity contribution is -0.127. The molecule has 32 heavy (non-hydrogen) atoms. The number of nitrogens with two attached hydrogens (primary N) is 1. The molecule has 0 spiro atoms. The van der Waals surface area contributed by atoms with Crippen LogP contribution in [-0.2, 0) is 25.0 Å². The number of benzene rings is 2. The highest BCUT2D eigenvalue weighted by atomic mass is 32.2. The molecule has 168 valence electrons. The van der Waals surface area contributed by atoms with E-state index in [1.807, 2.05) is 24.3 Å². The Balaban J connectivity index is 1.66. The molecule has 10 heteroatoms. The lowest BCUT2D eigenvalue weighted by Crippen LogP contribution is -2.38. The summed E-state index contributed by atoms with van der Waals surface area (Å²) < 4.78 is 22.6. The summed E-state index contributed by atoms with van der Waals surface area (Å²) in [5.41, 5.74) is 2.24. The Labute approximate surface area is 186 Å². The lowest BCUT2D eigenvalue weighted by Gasteiger charge is -2.18. The minimum absolute atomic E-state index is 0.00781. The molecule has 1 aliphatic heterocycles. The van der Waals surface area contributed by atoms with Crippen LogP contribution in [0.15, 0.2) is 59.1 Å². The summed E-state index contributed by atoms with van der Waals surface area (Å²) in [4.78, 5) is 37.8. The number of carbonyl (C=O) groups is 3. The first-order chi connectivity index (χ1) is 14.8. The lowest BCUT2D eigenvalue weighted by atomic mass is 9.87. The third-order valence-corrected chi connectivity index (χ3v) is 5.75. The van der Waals surface area contributed by atoms with Crippen LogP contribution in [0, 0.1) is 0 Å². The van der Waals surface area contributed by atoms with Crippen molar-refractivity contribution >= 4 is 39.6 Å². The molecule has 4 amide bonds. The van der Waals surface area contributed by atoms with Gasteiger partial charge in [0.1, 0.15) is 12.2 Å². The van der Waals surface area contributed by atoms with Crippen molar-refractivity contribution in [2.24, 2.45) is 5.14 Å². The standard InChI is InChI=1S/C22H24N4O5S/c1-22(2,3)15-6-4-14(5-7-15)12-18-20(28)26(21(29)25-18)13-19(27)24-16-8-10-17(11-9-16)32(23,30)31/h4-12H,13H2,1-3H3,(H,24,27)(H,25,29)(H2,23,30,31)/b18-12-. The maximum Gasteiger partial charge on any atom is 0.329 e. The second-order valence-electron chi connectivity index (χ2n) is 8.37. The van der Waals surface area contributed by atoms with Crippen molar-refractivity contribution in [2.75, 3.05) is 11.9 Å². The Hall–Kier alpha value is -3.50. The largest absolute Gasteiger partial charge is 0.329 e. The first-order valence-corrected chi connectivity index (χ1v) is 11.3. The van der Waals surface area contributed by atoms with Crippen molar-refractivity contribution < 1.29 is 22.8 Å². The molecular formula is C22H24N4O5S. The van der Waals surface area contributed by atoms with Gasteiger partial charge in [0.15, 0.2) is 0 Å². The number of sulfonamides is 1. The number of rotatable bonds is 5. The van der Waals surface area contributed by atoms with Crippen LogP contribution < -0.4 is 15.8 Å². The number of nitrogens with zero attached hydrogens (tertiary/aromatic N) is 1. The van der Waals surface area contributed by atoms with Crippen molar-refractivity contribution in [1.82, 2.24) is 10.2 Å². The quantitative estimate of drug-likeness (QED) is 0.467. The van der Waals surface area contributed by atoms with Crippen LogP contribution in [0.25, 0.3) is 6.08 Å². The topological polar surface area (TPSA) is 139 Å². The van der Waals surface area contributed by atoms with Crippen molar-refractivity contribution in [2.45, 2.75) is 31.1 Å². The third-order valence-electron chi connectivity index (χ3n) is 4.82. The highest BCUT2D eigenvalue weighted by Gasteiger charge is 2.34. The fourth-order valence-corrected chi connectivity index (χ4v) is 3.55. The molecule has 0 aromatic heterocycles. The van der Waals surface area contributed by atoms with E-state index in [1.165, 1.54) is 24.3 Å². The normalized spacial score (nSPS) is 15.8. The number of primary sulfonamides is 1. The molecule has 0 radical (unpaired) electrons. The highest BCUT2D eigenvalue weighted by molar-refractivity contribution is 7.89. The summed E-state index contributed by atoms with van der Waals surface area (Å²) in [6.07, 6.45) is 1.55. The van der Waals surface area contributed by atoms with Gasteiger partial charge in [0.05, 0.1) is 4.90 Å². The zero-order chi connectivity index (χ0) is 23.7. The van der Waals surface area contributed by atoms with Gasteiger partial charge in [0.25, 0.3) is 5.91 Å². The summed E-state index contributed by atoms with van der Waals surface area (Å²) >= 11 is 0. The summed E-state index contributed by atoms with van der Waals surface area (Å²) in [6.45, 7) is 5.79. The molecular weight excluding hydrogens is 432 g/mol. The zero-order valence-corrected chi connectivity index (χ0v) is 18.7. The van der Waals surface area contributed by atoms with Gasteiger partial charge < -0.3 is 10.6 Å². The Morgan fingerprint density at radius 1 is 1.06 bits per heavy atom. The first-order valence-electron chi connectivity index (χ1n) is 9.72. The second-order valence-corrected chi connectivity index (χ2v) is 9.93. The summed E-state index contributed by atoms with van der Waals surface area (Å²) in [5, 5.41) is 10.0. The van der Waals surface area contributed by atoms with E-state index in [-0.39, 0.29) is 16.0 Å². The molecule has 0 unspecified atom stereocenters. The number of anilines is 1. The summed E-state index contributed by atoms with van der Waals surface area (Å²) in [7, 11) is -3.85. The minimum Gasteiger partial charge on any atom is -0.325 e. The van der Waals surface area contributed by atoms with Gasteiger partial charge in [0.2, 0.25) is 15.9 Å². The van der Waals surface area contributed by atoms with Gasteiger partial charge in [-0.25, -0.2) is 23.3 Å². The minimum atomic E-state index is -3.85. The van der Waals surface area contributed by atoms with Gasteiger partial charge >= 0.3 is 6.03 Å². The van der Waals surface area contributed by atoms with E-state index in [2.05, 4.69) is 31.4 Å². The molecule has 0 saturated carbocycles. The monoisotopic (exact) mass is 456 g/mol. The van der Waals surface area contributed by atoms with Crippen molar-refractivity contribution in [1.29, 1.82) is 0 Å². The van der Waals surface area contributed by atoms with Crippen LogP contribution in [0.3, 0.4) is 0 Å². The van der Waals surface area contributed by atoms with Crippen LogP contribution in [-0.4, -0.2) is 37.7 Å². The van der Waals surface area contributed by atoms with Crippen LogP contribution in [0.2, 0.25) is 0 Å². The number of nitrogens with one attached hydrogen (secondary N) is 2. The average Bonchev–Trinajstić information content (AvgIpc) is 2.95. The number of carbonyl (C=O) groups excluding carboxylic acids is 3. The van der Waals surface area contributed by atoms with E-state index in [0.717, 1.165) is 16.0 Å². The molecule has 4 N–H and O–H groups in total. The van der Waals surface area contributed by atoms with Crippen molar-refractivity contribution in [3.8, 4) is 0 Å². The van der Waals surface area contributed by atoms with Crippen molar-refractivity contribution in [3.05, 3.63) is 65.4 Å². The van der Waals surface area contributed by atoms with E-state index in [1.54, 1.807) is 6.08 Å². The summed E-state index contributed by atoms with van der Waals surface area (Å²) in [5.74, 6) is -1.23. The third kappa shape index (κ3) is 5.40. The number of imide groups is 1. The molecule has 3 rings (SSSR count). The van der Waals surface area contributed by atoms with Gasteiger partial charge in [-0.3, -0.25) is 9.59 Å². The van der Waals surface area contributed by atoms with E-state index < -0.39 is 34.4 Å². The number of hydrogen-bond acceptors (Lipinski definition) is 5. The van der Waals surface area contributed by atoms with Gasteiger partial charge in [-0.15, -0.1) is 0 Å². The van der Waals surface area contributed by atoms with E-state index in [4.69, 9.17) is 5.14 Å². The van der Waals surface area contributed by atoms with Gasteiger partial charge in [-0.2, -0.15) is 0 Å². The van der Waals surface area contributed by atoms with E-state index in [9.17, 15) is 22.8 Å². The average molecular weight is 457 g/mol.